The van der Waals surface area contributed by atoms with Crippen LogP contribution in [0.1, 0.15) is 26.2 Å². The Morgan fingerprint density at radius 2 is 2.46 bits per heavy atom. The molecule has 1 aliphatic rings. The second-order valence-corrected chi connectivity index (χ2v) is 3.38. The summed E-state index contributed by atoms with van der Waals surface area (Å²) < 4.78 is 5.12. The molecule has 1 aliphatic heterocycles. The number of carbonyl (C=O) groups is 1. The summed E-state index contributed by atoms with van der Waals surface area (Å²) in [4.78, 5) is 13.0. The number of cyclic esters (lactones) is 1. The number of nitrogens with two attached hydrogens (primary N) is 1. The molecule has 1 amide bonds. The van der Waals surface area contributed by atoms with E-state index in [0.717, 1.165) is 32.4 Å². The van der Waals surface area contributed by atoms with Gasteiger partial charge in [-0.1, -0.05) is 13.3 Å². The minimum atomic E-state index is -0.174. The molecule has 13 heavy (non-hydrogen) atoms. The molecule has 0 aliphatic carbocycles. The lowest BCUT2D eigenvalue weighted by atomic mass is 10.2. The molecule has 2 N–H and O–H groups in total. The van der Waals surface area contributed by atoms with Crippen LogP contribution in [0.15, 0.2) is 0 Å². The van der Waals surface area contributed by atoms with Crippen LogP contribution >= 0.6 is 0 Å². The summed E-state index contributed by atoms with van der Waals surface area (Å²) in [5.41, 5.74) is 5.39. The zero-order chi connectivity index (χ0) is 9.68. The average Bonchev–Trinajstić information content (AvgIpc) is 2.44. The third-order valence-corrected chi connectivity index (χ3v) is 2.22. The molecule has 0 radical (unpaired) electrons. The molecule has 4 heteroatoms. The molecule has 1 saturated heterocycles. The molecule has 0 aromatic rings. The van der Waals surface area contributed by atoms with Crippen molar-refractivity contribution in [1.29, 1.82) is 0 Å². The lowest BCUT2D eigenvalue weighted by molar-refractivity contribution is 0.129. The molecule has 1 fully saturated rings. The van der Waals surface area contributed by atoms with E-state index in [1.807, 2.05) is 0 Å². The van der Waals surface area contributed by atoms with Crippen LogP contribution in [0.25, 0.3) is 0 Å². The van der Waals surface area contributed by atoms with E-state index < -0.39 is 0 Å². The van der Waals surface area contributed by atoms with Gasteiger partial charge >= 0.3 is 6.09 Å². The van der Waals surface area contributed by atoms with Crippen molar-refractivity contribution in [2.24, 2.45) is 5.73 Å². The molecule has 1 rings (SSSR count). The molecule has 0 spiro atoms. The monoisotopic (exact) mass is 186 g/mol. The van der Waals surface area contributed by atoms with E-state index in [0.29, 0.717) is 6.54 Å². The minimum absolute atomic E-state index is 0.0226. The van der Waals surface area contributed by atoms with E-state index >= 15 is 0 Å². The molecular formula is C9H18N2O2. The summed E-state index contributed by atoms with van der Waals surface area (Å²) >= 11 is 0. The summed E-state index contributed by atoms with van der Waals surface area (Å²) in [5.74, 6) is 0. The molecule has 0 aromatic carbocycles. The van der Waals surface area contributed by atoms with Crippen LogP contribution in [0.2, 0.25) is 0 Å². The summed E-state index contributed by atoms with van der Waals surface area (Å²) in [6, 6.07) is 0. The fraction of sp³-hybridized carbons (Fsp3) is 0.889. The third kappa shape index (κ3) is 2.88. The van der Waals surface area contributed by atoms with E-state index in [2.05, 4.69) is 6.92 Å². The van der Waals surface area contributed by atoms with Crippen molar-refractivity contribution < 1.29 is 9.53 Å². The molecule has 76 valence electrons. The highest BCUT2D eigenvalue weighted by Crippen LogP contribution is 2.13. The van der Waals surface area contributed by atoms with Gasteiger partial charge in [0.1, 0.15) is 6.10 Å². The van der Waals surface area contributed by atoms with Crippen LogP contribution in [-0.4, -0.2) is 36.7 Å². The van der Waals surface area contributed by atoms with Gasteiger partial charge in [0.2, 0.25) is 0 Å². The van der Waals surface area contributed by atoms with Gasteiger partial charge in [-0.25, -0.2) is 4.79 Å². The maximum Gasteiger partial charge on any atom is 0.410 e. The molecule has 1 atom stereocenters. The smallest absolute Gasteiger partial charge is 0.410 e. The number of hydrogen-bond donors (Lipinski definition) is 1. The van der Waals surface area contributed by atoms with Gasteiger partial charge in [0.15, 0.2) is 0 Å². The Balaban J connectivity index is 2.28. The van der Waals surface area contributed by atoms with Crippen LogP contribution in [0.3, 0.4) is 0 Å². The van der Waals surface area contributed by atoms with Crippen molar-refractivity contribution >= 4 is 6.09 Å². The first-order chi connectivity index (χ1) is 6.27. The summed E-state index contributed by atoms with van der Waals surface area (Å²) in [5, 5.41) is 0. The third-order valence-electron chi connectivity index (χ3n) is 2.22. The number of hydrogen-bond acceptors (Lipinski definition) is 3. The first-order valence-corrected chi connectivity index (χ1v) is 4.93. The average molecular weight is 186 g/mol. The SMILES string of the molecule is CCCCN1CC(CCN)OC1=O. The Morgan fingerprint density at radius 1 is 1.69 bits per heavy atom. The molecule has 1 unspecified atom stereocenters. The van der Waals surface area contributed by atoms with Crippen molar-refractivity contribution in [3.63, 3.8) is 0 Å². The van der Waals surface area contributed by atoms with Crippen molar-refractivity contribution in [1.82, 2.24) is 4.90 Å². The van der Waals surface area contributed by atoms with Gasteiger partial charge in [-0.3, -0.25) is 0 Å². The van der Waals surface area contributed by atoms with Gasteiger partial charge in [0.25, 0.3) is 0 Å². The Bertz CT molecular complexity index is 173. The first-order valence-electron chi connectivity index (χ1n) is 4.93. The molecular weight excluding hydrogens is 168 g/mol. The van der Waals surface area contributed by atoms with Crippen LogP contribution in [-0.2, 0) is 4.74 Å². The highest BCUT2D eigenvalue weighted by Gasteiger charge is 2.29. The van der Waals surface area contributed by atoms with Crippen molar-refractivity contribution in [3.05, 3.63) is 0 Å². The van der Waals surface area contributed by atoms with E-state index in [1.165, 1.54) is 0 Å². The lowest BCUT2D eigenvalue weighted by Gasteiger charge is -2.11. The zero-order valence-electron chi connectivity index (χ0n) is 8.16. The number of rotatable bonds is 5. The standard InChI is InChI=1S/C9H18N2O2/c1-2-3-6-11-7-8(4-5-10)13-9(11)12/h8H,2-7,10H2,1H3. The number of amides is 1. The van der Waals surface area contributed by atoms with Gasteiger partial charge < -0.3 is 15.4 Å². The van der Waals surface area contributed by atoms with Gasteiger partial charge in [-0.2, -0.15) is 0 Å². The van der Waals surface area contributed by atoms with Crippen molar-refractivity contribution in [2.75, 3.05) is 19.6 Å². The van der Waals surface area contributed by atoms with E-state index in [4.69, 9.17) is 10.5 Å². The second-order valence-electron chi connectivity index (χ2n) is 3.38. The number of carbonyl (C=O) groups excluding carboxylic acids is 1. The van der Waals surface area contributed by atoms with Crippen LogP contribution < -0.4 is 5.73 Å². The number of ether oxygens (including phenoxy) is 1. The topological polar surface area (TPSA) is 55.6 Å². The maximum atomic E-state index is 11.2. The van der Waals surface area contributed by atoms with Crippen LogP contribution in [0.4, 0.5) is 4.79 Å². The molecule has 4 nitrogen and oxygen atoms in total. The Hall–Kier alpha value is -0.770. The quantitative estimate of drug-likeness (QED) is 0.695. The van der Waals surface area contributed by atoms with E-state index in [9.17, 15) is 4.79 Å². The molecule has 0 aromatic heterocycles. The predicted octanol–water partition coefficient (Wildman–Crippen LogP) is 0.956. The van der Waals surface area contributed by atoms with Gasteiger partial charge in [-0.15, -0.1) is 0 Å². The van der Waals surface area contributed by atoms with Gasteiger partial charge in [-0.05, 0) is 19.4 Å². The number of unbranched alkanes of at least 4 members (excludes halogenated alkanes) is 1. The summed E-state index contributed by atoms with van der Waals surface area (Å²) in [7, 11) is 0. The Labute approximate surface area is 79.0 Å². The fourth-order valence-electron chi connectivity index (χ4n) is 1.44. The van der Waals surface area contributed by atoms with Crippen LogP contribution in [0.5, 0.6) is 0 Å². The lowest BCUT2D eigenvalue weighted by Crippen LogP contribution is -2.26. The highest BCUT2D eigenvalue weighted by atomic mass is 16.6. The van der Waals surface area contributed by atoms with Gasteiger partial charge in [0, 0.05) is 6.54 Å². The highest BCUT2D eigenvalue weighted by molar-refractivity contribution is 5.69. The maximum absolute atomic E-state index is 11.2. The summed E-state index contributed by atoms with van der Waals surface area (Å²) in [6.07, 6.45) is 2.77. The van der Waals surface area contributed by atoms with Crippen molar-refractivity contribution in [3.8, 4) is 0 Å². The Kier molecular flexibility index (Phi) is 4.02. The van der Waals surface area contributed by atoms with E-state index in [-0.39, 0.29) is 12.2 Å². The van der Waals surface area contributed by atoms with Crippen LogP contribution in [0, 0.1) is 0 Å². The minimum Gasteiger partial charge on any atom is -0.444 e. The zero-order valence-corrected chi connectivity index (χ0v) is 8.16. The second kappa shape index (κ2) is 5.07. The number of nitrogens with zero attached hydrogens (tertiary/aromatic N) is 1. The molecule has 1 heterocycles. The molecule has 0 saturated carbocycles. The normalized spacial score (nSPS) is 22.2. The molecule has 0 bridgehead atoms. The largest absolute Gasteiger partial charge is 0.444 e. The predicted molar refractivity (Wildman–Crippen MR) is 50.4 cm³/mol. The van der Waals surface area contributed by atoms with Crippen molar-refractivity contribution in [2.45, 2.75) is 32.3 Å². The van der Waals surface area contributed by atoms with E-state index in [1.54, 1.807) is 4.90 Å². The van der Waals surface area contributed by atoms with Gasteiger partial charge in [0.05, 0.1) is 6.54 Å². The fourth-order valence-corrected chi connectivity index (χ4v) is 1.44. The summed E-state index contributed by atoms with van der Waals surface area (Å²) in [6.45, 7) is 4.23. The Morgan fingerprint density at radius 3 is 3.08 bits per heavy atom. The first kappa shape index (κ1) is 10.3.